The predicted octanol–water partition coefficient (Wildman–Crippen LogP) is 5.01. The summed E-state index contributed by atoms with van der Waals surface area (Å²) in [5.41, 5.74) is 2.37. The van der Waals surface area contributed by atoms with Gasteiger partial charge in [0.2, 0.25) is 0 Å². The van der Waals surface area contributed by atoms with Crippen molar-refractivity contribution in [2.45, 2.75) is 26.7 Å². The first kappa shape index (κ1) is 13.6. The molecule has 1 aromatic carbocycles. The molecule has 0 atom stereocenters. The highest BCUT2D eigenvalue weighted by Crippen LogP contribution is 2.35. The van der Waals surface area contributed by atoms with Crippen LogP contribution < -0.4 is 4.74 Å². The van der Waals surface area contributed by atoms with Gasteiger partial charge in [0, 0.05) is 10.4 Å². The van der Waals surface area contributed by atoms with Gasteiger partial charge in [0.05, 0.1) is 7.11 Å². The maximum absolute atomic E-state index is 5.40. The number of aryl methyl sites for hydroxylation is 1. The van der Waals surface area contributed by atoms with Crippen LogP contribution in [0.25, 0.3) is 10.6 Å². The van der Waals surface area contributed by atoms with Gasteiger partial charge in [-0.3, -0.25) is 0 Å². The molecule has 18 heavy (non-hydrogen) atoms. The van der Waals surface area contributed by atoms with E-state index >= 15 is 0 Å². The first-order chi connectivity index (χ1) is 8.52. The van der Waals surface area contributed by atoms with E-state index in [1.807, 2.05) is 6.07 Å². The molecule has 2 rings (SSSR count). The quantitative estimate of drug-likeness (QED) is 0.791. The topological polar surface area (TPSA) is 22.1 Å². The van der Waals surface area contributed by atoms with E-state index in [2.05, 4.69) is 53.8 Å². The number of hydrogen-bond donors (Lipinski definition) is 0. The molecule has 0 aliphatic heterocycles. The molecule has 0 saturated carbocycles. The normalized spacial score (nSPS) is 11.0. The summed E-state index contributed by atoms with van der Waals surface area (Å²) in [4.78, 5) is 5.73. The van der Waals surface area contributed by atoms with E-state index in [0.717, 1.165) is 20.9 Å². The Kier molecular flexibility index (Phi) is 4.07. The predicted molar refractivity (Wildman–Crippen MR) is 80.6 cm³/mol. The molecule has 0 aliphatic rings. The third-order valence-corrected chi connectivity index (χ3v) is 4.89. The number of aromatic nitrogens is 1. The van der Waals surface area contributed by atoms with Crippen molar-refractivity contribution in [3.8, 4) is 16.3 Å². The second kappa shape index (κ2) is 5.41. The Hall–Kier alpha value is -0.870. The zero-order valence-electron chi connectivity index (χ0n) is 11.0. The number of rotatable bonds is 3. The third kappa shape index (κ3) is 2.59. The minimum Gasteiger partial charge on any atom is -0.496 e. The fraction of sp³-hybridized carbons (Fsp3) is 0.357. The molecule has 96 valence electrons. The Morgan fingerprint density at radius 1 is 1.33 bits per heavy atom. The van der Waals surface area contributed by atoms with Gasteiger partial charge in [0.25, 0.3) is 0 Å². The highest BCUT2D eigenvalue weighted by Gasteiger charge is 2.12. The highest BCUT2D eigenvalue weighted by molar-refractivity contribution is 9.10. The number of ether oxygens (including phenoxy) is 1. The number of halogens is 1. The van der Waals surface area contributed by atoms with Crippen LogP contribution in [0, 0.1) is 6.92 Å². The van der Waals surface area contributed by atoms with Crippen molar-refractivity contribution in [2.24, 2.45) is 0 Å². The van der Waals surface area contributed by atoms with Gasteiger partial charge >= 0.3 is 0 Å². The van der Waals surface area contributed by atoms with E-state index in [-0.39, 0.29) is 0 Å². The smallest absolute Gasteiger partial charge is 0.124 e. The number of hydrogen-bond acceptors (Lipinski definition) is 3. The molecular formula is C14H16BrNOS. The molecule has 0 aliphatic carbocycles. The first-order valence-corrected chi connectivity index (χ1v) is 7.45. The minimum atomic E-state index is 0.435. The molecule has 0 bridgehead atoms. The maximum atomic E-state index is 5.40. The molecular weight excluding hydrogens is 310 g/mol. The van der Waals surface area contributed by atoms with Crippen LogP contribution in [0.15, 0.2) is 22.8 Å². The second-order valence-electron chi connectivity index (χ2n) is 4.48. The lowest BCUT2D eigenvalue weighted by atomic mass is 10.00. The van der Waals surface area contributed by atoms with Crippen molar-refractivity contribution in [1.29, 1.82) is 0 Å². The minimum absolute atomic E-state index is 0.435. The van der Waals surface area contributed by atoms with Crippen LogP contribution in [-0.4, -0.2) is 12.1 Å². The van der Waals surface area contributed by atoms with Crippen LogP contribution in [0.3, 0.4) is 0 Å². The third-order valence-electron chi connectivity index (χ3n) is 2.84. The summed E-state index contributed by atoms with van der Waals surface area (Å²) in [5.74, 6) is 1.38. The molecule has 0 spiro atoms. The van der Waals surface area contributed by atoms with Crippen molar-refractivity contribution >= 4 is 27.3 Å². The van der Waals surface area contributed by atoms with Crippen LogP contribution >= 0.6 is 27.3 Å². The van der Waals surface area contributed by atoms with Gasteiger partial charge in [-0.25, -0.2) is 4.98 Å². The Bertz CT molecular complexity index is 543. The standard InChI is InChI=1S/C14H16BrNOS/c1-8(2)11-7-10(5-6-12(11)17-4)14-16-13(15)9(3)18-14/h5-8H,1-4H3. The summed E-state index contributed by atoms with van der Waals surface area (Å²) in [6.45, 7) is 6.41. The Labute approximate surface area is 120 Å². The van der Waals surface area contributed by atoms with Gasteiger partial charge in [-0.1, -0.05) is 13.8 Å². The molecule has 0 radical (unpaired) electrons. The number of benzene rings is 1. The second-order valence-corrected chi connectivity index (χ2v) is 6.43. The molecule has 1 aromatic heterocycles. The summed E-state index contributed by atoms with van der Waals surface area (Å²) < 4.78 is 6.33. The SMILES string of the molecule is COc1ccc(-c2nc(Br)c(C)s2)cc1C(C)C. The summed E-state index contributed by atoms with van der Waals surface area (Å²) in [6, 6.07) is 6.26. The zero-order valence-corrected chi connectivity index (χ0v) is 13.4. The van der Waals surface area contributed by atoms with Crippen molar-refractivity contribution in [2.75, 3.05) is 7.11 Å². The van der Waals surface area contributed by atoms with E-state index in [4.69, 9.17) is 4.74 Å². The lowest BCUT2D eigenvalue weighted by molar-refractivity contribution is 0.407. The Morgan fingerprint density at radius 3 is 2.56 bits per heavy atom. The van der Waals surface area contributed by atoms with E-state index < -0.39 is 0 Å². The molecule has 4 heteroatoms. The molecule has 0 amide bonds. The molecule has 2 nitrogen and oxygen atoms in total. The lowest BCUT2D eigenvalue weighted by Crippen LogP contribution is -1.94. The highest BCUT2D eigenvalue weighted by atomic mass is 79.9. The molecule has 1 heterocycles. The summed E-state index contributed by atoms with van der Waals surface area (Å²) in [7, 11) is 1.71. The molecule has 2 aromatic rings. The monoisotopic (exact) mass is 325 g/mol. The van der Waals surface area contributed by atoms with Crippen LogP contribution in [0.2, 0.25) is 0 Å². The van der Waals surface area contributed by atoms with Crippen molar-refractivity contribution in [3.05, 3.63) is 33.2 Å². The van der Waals surface area contributed by atoms with Crippen LogP contribution in [0.5, 0.6) is 5.75 Å². The average molecular weight is 326 g/mol. The van der Waals surface area contributed by atoms with Crippen LogP contribution in [0.1, 0.15) is 30.2 Å². The Balaban J connectivity index is 2.49. The number of thiazole rings is 1. The van der Waals surface area contributed by atoms with Crippen LogP contribution in [0.4, 0.5) is 0 Å². The molecule has 0 saturated heterocycles. The van der Waals surface area contributed by atoms with Gasteiger partial charge in [-0.05, 0) is 52.5 Å². The van der Waals surface area contributed by atoms with Crippen molar-refractivity contribution in [1.82, 2.24) is 4.98 Å². The largest absolute Gasteiger partial charge is 0.496 e. The summed E-state index contributed by atoms with van der Waals surface area (Å²) in [6.07, 6.45) is 0. The fourth-order valence-electron chi connectivity index (χ4n) is 1.82. The van der Waals surface area contributed by atoms with Crippen molar-refractivity contribution < 1.29 is 4.74 Å². The number of nitrogens with zero attached hydrogens (tertiary/aromatic N) is 1. The lowest BCUT2D eigenvalue weighted by Gasteiger charge is -2.12. The summed E-state index contributed by atoms with van der Waals surface area (Å²) in [5, 5.41) is 1.05. The van der Waals surface area contributed by atoms with E-state index in [1.54, 1.807) is 18.4 Å². The fourth-order valence-corrected chi connectivity index (χ4v) is 3.16. The maximum Gasteiger partial charge on any atom is 0.124 e. The van der Waals surface area contributed by atoms with Gasteiger partial charge in [0.1, 0.15) is 15.4 Å². The average Bonchev–Trinajstić information content (AvgIpc) is 2.68. The molecule has 0 N–H and O–H groups in total. The first-order valence-electron chi connectivity index (χ1n) is 5.84. The van der Waals surface area contributed by atoms with E-state index in [9.17, 15) is 0 Å². The molecule has 0 fully saturated rings. The van der Waals surface area contributed by atoms with Gasteiger partial charge in [-0.2, -0.15) is 0 Å². The van der Waals surface area contributed by atoms with E-state index in [0.29, 0.717) is 5.92 Å². The van der Waals surface area contributed by atoms with Gasteiger partial charge in [-0.15, -0.1) is 11.3 Å². The van der Waals surface area contributed by atoms with Gasteiger partial charge < -0.3 is 4.74 Å². The van der Waals surface area contributed by atoms with E-state index in [1.165, 1.54) is 10.4 Å². The Morgan fingerprint density at radius 2 is 2.06 bits per heavy atom. The van der Waals surface area contributed by atoms with Crippen molar-refractivity contribution in [3.63, 3.8) is 0 Å². The van der Waals surface area contributed by atoms with Gasteiger partial charge in [0.15, 0.2) is 0 Å². The van der Waals surface area contributed by atoms with Crippen LogP contribution in [-0.2, 0) is 0 Å². The zero-order chi connectivity index (χ0) is 13.3. The number of methoxy groups -OCH3 is 1. The summed E-state index contributed by atoms with van der Waals surface area (Å²) >= 11 is 5.17. The molecule has 0 unspecified atom stereocenters.